The maximum atomic E-state index is 12.3. The Kier molecular flexibility index (Phi) is 22.2. The highest BCUT2D eigenvalue weighted by Gasteiger charge is 2.55. The van der Waals surface area contributed by atoms with Gasteiger partial charge in [-0.1, -0.05) is 0 Å². The fraction of sp³-hybridized carbons (Fsp3) is 0.875. The molecular weight excluding hydrogens is 792 g/mol. The number of nitrogens with one attached hydrogen (secondary N) is 2. The quantitative estimate of drug-likeness (QED) is 0.0344. The highest BCUT2D eigenvalue weighted by molar-refractivity contribution is 8.01. The maximum absolute atomic E-state index is 12.3. The van der Waals surface area contributed by atoms with E-state index in [0.29, 0.717) is 0 Å². The number of carbonyl (C=O) groups excluding carboxylic acids is 2. The Morgan fingerprint density at radius 3 is 1.21 bits per heavy atom. The minimum atomic E-state index is -1.92. The second-order valence-corrected chi connectivity index (χ2v) is 15.8. The van der Waals surface area contributed by atoms with Crippen molar-refractivity contribution in [2.75, 3.05) is 77.6 Å². The van der Waals surface area contributed by atoms with Gasteiger partial charge in [0.15, 0.2) is 0 Å². The van der Waals surface area contributed by atoms with Gasteiger partial charge in [0.2, 0.25) is 21.7 Å². The first-order valence-electron chi connectivity index (χ1n) is 17.9. The molecule has 0 unspecified atom stereocenters. The summed E-state index contributed by atoms with van der Waals surface area (Å²) in [5.41, 5.74) is 12.4. The number of rotatable bonds is 27. The zero-order chi connectivity index (χ0) is 42.1. The minimum absolute atomic E-state index is 0.106. The monoisotopic (exact) mass is 850 g/mol. The molecule has 0 radical (unpaired) electrons. The molecule has 14 N–H and O–H groups in total. The average molecular weight is 851 g/mol. The lowest BCUT2D eigenvalue weighted by Gasteiger charge is -2.47. The van der Waals surface area contributed by atoms with Crippen LogP contribution in [0.5, 0.6) is 0 Å². The van der Waals surface area contributed by atoms with Crippen LogP contribution in [0.3, 0.4) is 0 Å². The van der Waals surface area contributed by atoms with Crippen LogP contribution in [0.1, 0.15) is 26.7 Å². The Morgan fingerprint density at radius 1 is 0.643 bits per heavy atom. The van der Waals surface area contributed by atoms with E-state index in [-0.39, 0.29) is 77.2 Å². The van der Waals surface area contributed by atoms with Gasteiger partial charge >= 0.3 is 11.9 Å². The summed E-state index contributed by atoms with van der Waals surface area (Å²) in [6, 6.07) is -3.98. The number of aliphatic hydroxyl groups is 6. The van der Waals surface area contributed by atoms with E-state index < -0.39 is 108 Å². The number of ether oxygens (including phenoxy) is 6. The van der Waals surface area contributed by atoms with Crippen LogP contribution in [0.2, 0.25) is 0 Å². The average Bonchev–Trinajstić information content (AvgIpc) is 3.14. The number of nitrogens with two attached hydrogens (primary N) is 2. The van der Waals surface area contributed by atoms with E-state index in [1.165, 1.54) is 13.8 Å². The SMILES string of the molecule is CC(=O)N[C@H]1[C@H]([C@@H](O)[C@@H](O)CO)O[C@@](SCCOCCOCCOCCOCCS[C@]2(C(=O)O)C[C@H](N)[C@@H](NC(C)=O)[C@H]([C@@H](O)[C@@H](O)CO)O2)(C(=O)O)C[C@@H]1N. The number of carboxylic acid groups (broad SMARTS) is 2. The number of amides is 2. The van der Waals surface area contributed by atoms with Crippen LogP contribution in [0.25, 0.3) is 0 Å². The van der Waals surface area contributed by atoms with E-state index in [0.717, 1.165) is 23.5 Å². The van der Waals surface area contributed by atoms with Crippen molar-refractivity contribution >= 4 is 47.3 Å². The van der Waals surface area contributed by atoms with Gasteiger partial charge in [-0.2, -0.15) is 0 Å². The van der Waals surface area contributed by atoms with Crippen molar-refractivity contribution < 1.29 is 88.5 Å². The summed E-state index contributed by atoms with van der Waals surface area (Å²) in [6.07, 6.45) is -10.1. The van der Waals surface area contributed by atoms with Gasteiger partial charge in [-0.3, -0.25) is 9.59 Å². The largest absolute Gasteiger partial charge is 0.478 e. The molecule has 22 nitrogen and oxygen atoms in total. The molecule has 2 aliphatic heterocycles. The van der Waals surface area contributed by atoms with Crippen molar-refractivity contribution in [3.8, 4) is 0 Å². The Balaban J connectivity index is 1.66. The molecule has 2 rings (SSSR count). The number of hydrogen-bond acceptors (Lipinski definition) is 20. The fourth-order valence-electron chi connectivity index (χ4n) is 5.99. The van der Waals surface area contributed by atoms with Gasteiger partial charge in [-0.05, 0) is 0 Å². The zero-order valence-electron chi connectivity index (χ0n) is 31.3. The lowest BCUT2D eigenvalue weighted by atomic mass is 9.88. The summed E-state index contributed by atoms with van der Waals surface area (Å²) in [5.74, 6) is -3.47. The lowest BCUT2D eigenvalue weighted by Crippen LogP contribution is -2.68. The summed E-state index contributed by atoms with van der Waals surface area (Å²) >= 11 is 1.74. The third-order valence-electron chi connectivity index (χ3n) is 8.76. The van der Waals surface area contributed by atoms with Crippen LogP contribution < -0.4 is 22.1 Å². The lowest BCUT2D eigenvalue weighted by molar-refractivity contribution is -0.192. The molecule has 0 aromatic heterocycles. The third kappa shape index (κ3) is 15.0. The second kappa shape index (κ2) is 24.8. The zero-order valence-corrected chi connectivity index (χ0v) is 32.9. The highest BCUT2D eigenvalue weighted by atomic mass is 32.2. The van der Waals surface area contributed by atoms with Crippen LogP contribution in [0, 0.1) is 0 Å². The number of carbonyl (C=O) groups is 4. The topological polar surface area (TPSA) is 362 Å². The van der Waals surface area contributed by atoms with E-state index in [9.17, 15) is 60.0 Å². The summed E-state index contributed by atoms with van der Waals surface area (Å²) in [6.45, 7) is 2.20. The van der Waals surface area contributed by atoms with Crippen LogP contribution in [0.15, 0.2) is 0 Å². The first-order chi connectivity index (χ1) is 26.4. The smallest absolute Gasteiger partial charge is 0.346 e. The molecule has 2 aliphatic rings. The Labute approximate surface area is 332 Å². The van der Waals surface area contributed by atoms with Crippen molar-refractivity contribution in [3.63, 3.8) is 0 Å². The summed E-state index contributed by atoms with van der Waals surface area (Å²) in [5, 5.41) is 84.7. The number of aliphatic carboxylic acids is 2. The van der Waals surface area contributed by atoms with E-state index >= 15 is 0 Å². The van der Waals surface area contributed by atoms with Gasteiger partial charge in [-0.15, -0.1) is 23.5 Å². The summed E-state index contributed by atoms with van der Waals surface area (Å²) < 4.78 is 33.5. The molecule has 56 heavy (non-hydrogen) atoms. The Bertz CT molecular complexity index is 1140. The molecule has 0 spiro atoms. The van der Waals surface area contributed by atoms with Crippen LogP contribution in [-0.2, 0) is 47.6 Å². The summed E-state index contributed by atoms with van der Waals surface area (Å²) in [4.78, 5) is 44.2. The predicted molar refractivity (Wildman–Crippen MR) is 197 cm³/mol. The second-order valence-electron chi connectivity index (χ2n) is 13.1. The highest BCUT2D eigenvalue weighted by Crippen LogP contribution is 2.41. The van der Waals surface area contributed by atoms with E-state index in [1.54, 1.807) is 0 Å². The maximum Gasteiger partial charge on any atom is 0.346 e. The van der Waals surface area contributed by atoms with Crippen LogP contribution in [0.4, 0.5) is 0 Å². The number of aliphatic hydroxyl groups excluding tert-OH is 6. The molecule has 12 atom stereocenters. The number of hydrogen-bond donors (Lipinski definition) is 12. The molecule has 0 saturated carbocycles. The van der Waals surface area contributed by atoms with E-state index in [2.05, 4.69) is 10.6 Å². The molecule has 326 valence electrons. The van der Waals surface area contributed by atoms with Gasteiger partial charge in [0.25, 0.3) is 0 Å². The molecule has 2 heterocycles. The molecule has 0 bridgehead atoms. The van der Waals surface area contributed by atoms with Crippen LogP contribution >= 0.6 is 23.5 Å². The third-order valence-corrected chi connectivity index (χ3v) is 11.3. The van der Waals surface area contributed by atoms with E-state index in [4.69, 9.17) is 39.9 Å². The molecule has 2 amide bonds. The van der Waals surface area contributed by atoms with Gasteiger partial charge < -0.3 is 91.4 Å². The first kappa shape index (κ1) is 50.2. The predicted octanol–water partition coefficient (Wildman–Crippen LogP) is -5.25. The van der Waals surface area contributed by atoms with Crippen molar-refractivity contribution in [1.82, 2.24) is 10.6 Å². The van der Waals surface area contributed by atoms with Gasteiger partial charge in [0.1, 0.15) is 36.6 Å². The standard InChI is InChI=1S/C32H58N4O18S2/c1-17(39)35-23-19(33)13-31(29(45)46,53-27(23)25(43)21(41)15-37)55-11-9-51-7-5-49-3-4-50-6-8-52-10-12-56-32(30(47)48)14-20(34)24(36-18(2)40)28(54-32)26(44)22(42)16-38/h19-28,37-38,41-44H,3-16,33-34H2,1-2H3,(H,35,39)(H,36,40)(H,45,46)(H,47,48)/t19-,20-,21-,22-,23+,24+,25-,26-,27+,28+,31-,32-/m0/s1. The summed E-state index contributed by atoms with van der Waals surface area (Å²) in [7, 11) is 0. The molecular formula is C32H58N4O18S2. The number of carboxylic acids is 2. The van der Waals surface area contributed by atoms with Crippen molar-refractivity contribution in [1.29, 1.82) is 0 Å². The molecule has 2 fully saturated rings. The van der Waals surface area contributed by atoms with Crippen molar-refractivity contribution in [2.24, 2.45) is 11.5 Å². The minimum Gasteiger partial charge on any atom is -0.478 e. The molecule has 0 aliphatic carbocycles. The molecule has 0 aromatic rings. The first-order valence-corrected chi connectivity index (χ1v) is 19.8. The molecule has 24 heteroatoms. The van der Waals surface area contributed by atoms with Crippen molar-refractivity contribution in [3.05, 3.63) is 0 Å². The normalized spacial score (nSPS) is 30.2. The molecule has 2 saturated heterocycles. The Hall–Kier alpha value is -1.98. The van der Waals surface area contributed by atoms with Gasteiger partial charge in [-0.25, -0.2) is 9.59 Å². The Morgan fingerprint density at radius 2 is 0.946 bits per heavy atom. The van der Waals surface area contributed by atoms with Crippen LogP contribution in [-0.4, -0.2) is 213 Å². The van der Waals surface area contributed by atoms with Crippen molar-refractivity contribution in [2.45, 2.75) is 97.3 Å². The van der Waals surface area contributed by atoms with E-state index in [1.807, 2.05) is 0 Å². The molecule has 0 aromatic carbocycles. The fourth-order valence-corrected chi connectivity index (χ4v) is 8.28. The number of thioether (sulfide) groups is 2. The van der Waals surface area contributed by atoms with Gasteiger partial charge in [0, 0.05) is 50.3 Å². The van der Waals surface area contributed by atoms with Gasteiger partial charge in [0.05, 0.1) is 78.2 Å².